The second kappa shape index (κ2) is 6.46. The molecule has 7 nitrogen and oxygen atoms in total. The normalized spacial score (nSPS) is 12.0. The van der Waals surface area contributed by atoms with Gasteiger partial charge < -0.3 is 14.8 Å². The number of hydrogen-bond donors (Lipinski definition) is 3. The van der Waals surface area contributed by atoms with Crippen molar-refractivity contribution in [3.05, 3.63) is 48.9 Å². The topological polar surface area (TPSA) is 104 Å². The first-order valence-corrected chi connectivity index (χ1v) is 7.26. The van der Waals surface area contributed by atoms with E-state index in [0.717, 1.165) is 17.3 Å². The number of thioether (sulfide) groups is 1. The maximum atomic E-state index is 11.9. The number of hydrogen-bond acceptors (Lipinski definition) is 6. The van der Waals surface area contributed by atoms with E-state index in [1.54, 1.807) is 30.3 Å². The lowest BCUT2D eigenvalue weighted by atomic mass is 10.3. The number of aliphatic hydroxyl groups is 1. The molecule has 1 atom stereocenters. The van der Waals surface area contributed by atoms with Crippen LogP contribution in [0.15, 0.2) is 58.5 Å². The van der Waals surface area contributed by atoms with E-state index in [-0.39, 0.29) is 5.16 Å². The molecule has 3 aromatic rings. The van der Waals surface area contributed by atoms with E-state index in [0.29, 0.717) is 11.5 Å². The van der Waals surface area contributed by atoms with Crippen LogP contribution in [-0.2, 0) is 4.79 Å². The van der Waals surface area contributed by atoms with Crippen LogP contribution >= 0.6 is 11.8 Å². The van der Waals surface area contributed by atoms with Crippen LogP contribution in [0.25, 0.3) is 11.4 Å². The highest BCUT2D eigenvalue weighted by molar-refractivity contribution is 8.00. The Bertz CT molecular complexity index is 743. The van der Waals surface area contributed by atoms with E-state index in [1.165, 1.54) is 12.5 Å². The molecule has 22 heavy (non-hydrogen) atoms. The number of benzene rings is 1. The van der Waals surface area contributed by atoms with Gasteiger partial charge in [0, 0.05) is 5.69 Å². The molecule has 0 radical (unpaired) electrons. The molecule has 1 unspecified atom stereocenters. The zero-order valence-electron chi connectivity index (χ0n) is 11.3. The first-order valence-electron chi connectivity index (χ1n) is 6.38. The molecule has 0 bridgehead atoms. The van der Waals surface area contributed by atoms with E-state index in [4.69, 9.17) is 4.42 Å². The average molecular weight is 316 g/mol. The Kier molecular flexibility index (Phi) is 4.22. The first kappa shape index (κ1) is 14.4. The molecule has 2 heterocycles. The molecule has 8 heteroatoms. The minimum atomic E-state index is -1.31. The van der Waals surface area contributed by atoms with Crippen LogP contribution in [0.5, 0.6) is 0 Å². The molecule has 2 aromatic heterocycles. The molecule has 0 aliphatic carbocycles. The number of aromatic amines is 1. The highest BCUT2D eigenvalue weighted by Crippen LogP contribution is 2.22. The molecule has 0 aliphatic heterocycles. The minimum Gasteiger partial charge on any atom is -0.472 e. The molecule has 1 amide bonds. The van der Waals surface area contributed by atoms with Crippen molar-refractivity contribution in [2.45, 2.75) is 10.6 Å². The van der Waals surface area contributed by atoms with Gasteiger partial charge in [-0.1, -0.05) is 18.2 Å². The summed E-state index contributed by atoms with van der Waals surface area (Å²) in [7, 11) is 0. The Hall–Kier alpha value is -2.58. The number of para-hydroxylation sites is 1. The maximum Gasteiger partial charge on any atom is 0.264 e. The largest absolute Gasteiger partial charge is 0.472 e. The summed E-state index contributed by atoms with van der Waals surface area (Å²) in [4.78, 5) is 16.1. The fourth-order valence-electron chi connectivity index (χ4n) is 1.71. The average Bonchev–Trinajstić information content (AvgIpc) is 3.19. The number of carbonyl (C=O) groups is 1. The Morgan fingerprint density at radius 1 is 1.32 bits per heavy atom. The molecular formula is C14H12N4O3S. The molecule has 1 aromatic carbocycles. The van der Waals surface area contributed by atoms with Crippen LogP contribution < -0.4 is 5.32 Å². The van der Waals surface area contributed by atoms with Gasteiger partial charge in [0.05, 0.1) is 11.8 Å². The Balaban J connectivity index is 1.62. The molecule has 0 saturated carbocycles. The van der Waals surface area contributed by atoms with Crippen molar-refractivity contribution in [1.82, 2.24) is 15.2 Å². The van der Waals surface area contributed by atoms with Gasteiger partial charge in [0.2, 0.25) is 5.16 Å². The Morgan fingerprint density at radius 3 is 2.86 bits per heavy atom. The molecule has 112 valence electrons. The van der Waals surface area contributed by atoms with Crippen LogP contribution in [0.1, 0.15) is 0 Å². The van der Waals surface area contributed by atoms with Crippen molar-refractivity contribution in [3.8, 4) is 11.4 Å². The summed E-state index contributed by atoms with van der Waals surface area (Å²) in [5, 5.41) is 19.5. The number of carbonyl (C=O) groups excluding carboxylic acids is 1. The quantitative estimate of drug-likeness (QED) is 0.492. The van der Waals surface area contributed by atoms with E-state index in [2.05, 4.69) is 20.5 Å². The van der Waals surface area contributed by atoms with Gasteiger partial charge in [0.25, 0.3) is 5.91 Å². The summed E-state index contributed by atoms with van der Waals surface area (Å²) in [5.74, 6) is -0.0298. The van der Waals surface area contributed by atoms with Gasteiger partial charge in [0.15, 0.2) is 11.3 Å². The van der Waals surface area contributed by atoms with Crippen molar-refractivity contribution in [1.29, 1.82) is 0 Å². The predicted molar refractivity (Wildman–Crippen MR) is 81.0 cm³/mol. The van der Waals surface area contributed by atoms with Gasteiger partial charge in [-0.15, -0.1) is 5.10 Å². The fourth-order valence-corrected chi connectivity index (χ4v) is 2.31. The van der Waals surface area contributed by atoms with Crippen molar-refractivity contribution < 1.29 is 14.3 Å². The zero-order valence-corrected chi connectivity index (χ0v) is 12.1. The number of rotatable bonds is 5. The SMILES string of the molecule is O=C(Nc1ccccc1)C(O)Sc1n[nH]c(-c2ccoc2)n1. The third kappa shape index (κ3) is 3.35. The van der Waals surface area contributed by atoms with E-state index in [9.17, 15) is 9.90 Å². The number of furan rings is 1. The van der Waals surface area contributed by atoms with Gasteiger partial charge in [-0.2, -0.15) is 0 Å². The lowest BCUT2D eigenvalue weighted by molar-refractivity contribution is -0.120. The van der Waals surface area contributed by atoms with Crippen molar-refractivity contribution >= 4 is 23.4 Å². The van der Waals surface area contributed by atoms with Crippen molar-refractivity contribution in [3.63, 3.8) is 0 Å². The highest BCUT2D eigenvalue weighted by Gasteiger charge is 2.19. The third-order valence-electron chi connectivity index (χ3n) is 2.74. The first-order chi connectivity index (χ1) is 10.7. The number of anilines is 1. The third-order valence-corrected chi connectivity index (χ3v) is 3.57. The summed E-state index contributed by atoms with van der Waals surface area (Å²) in [5.41, 5.74) is 0.0389. The van der Waals surface area contributed by atoms with Crippen molar-refractivity contribution in [2.24, 2.45) is 0 Å². The zero-order chi connectivity index (χ0) is 15.4. The van der Waals surface area contributed by atoms with Gasteiger partial charge >= 0.3 is 0 Å². The van der Waals surface area contributed by atoms with Gasteiger partial charge in [0.1, 0.15) is 6.26 Å². The number of amides is 1. The van der Waals surface area contributed by atoms with Crippen LogP contribution in [0.3, 0.4) is 0 Å². The molecule has 3 N–H and O–H groups in total. The van der Waals surface area contributed by atoms with Crippen molar-refractivity contribution in [2.75, 3.05) is 5.32 Å². The maximum absolute atomic E-state index is 11.9. The summed E-state index contributed by atoms with van der Waals surface area (Å²) >= 11 is 0.848. The van der Waals surface area contributed by atoms with E-state index in [1.807, 2.05) is 6.07 Å². The van der Waals surface area contributed by atoms with Crippen LogP contribution in [0.4, 0.5) is 5.69 Å². The number of H-pyrrole nitrogens is 1. The second-order valence-corrected chi connectivity index (χ2v) is 5.35. The predicted octanol–water partition coefficient (Wildman–Crippen LogP) is 2.11. The molecule has 0 fully saturated rings. The number of aromatic nitrogens is 3. The minimum absolute atomic E-state index is 0.270. The number of nitrogens with zero attached hydrogens (tertiary/aromatic N) is 2. The molecule has 0 saturated heterocycles. The Labute approximate surface area is 129 Å². The van der Waals surface area contributed by atoms with Gasteiger partial charge in [-0.05, 0) is 30.0 Å². The molecule has 0 aliphatic rings. The van der Waals surface area contributed by atoms with E-state index >= 15 is 0 Å². The standard InChI is InChI=1S/C14H12N4O3S/c19-12(15-10-4-2-1-3-5-10)13(20)22-14-16-11(17-18-14)9-6-7-21-8-9/h1-8,13,20H,(H,15,19)(H,16,17,18). The van der Waals surface area contributed by atoms with Crippen LogP contribution in [0.2, 0.25) is 0 Å². The van der Waals surface area contributed by atoms with Gasteiger partial charge in [-0.25, -0.2) is 4.98 Å². The van der Waals surface area contributed by atoms with Gasteiger partial charge in [-0.3, -0.25) is 9.89 Å². The number of aliphatic hydroxyl groups excluding tert-OH is 1. The number of nitrogens with one attached hydrogen (secondary N) is 2. The molecule has 0 spiro atoms. The second-order valence-electron chi connectivity index (χ2n) is 4.30. The highest BCUT2D eigenvalue weighted by atomic mass is 32.2. The summed E-state index contributed by atoms with van der Waals surface area (Å²) in [6.07, 6.45) is 3.04. The summed E-state index contributed by atoms with van der Waals surface area (Å²) < 4.78 is 4.96. The summed E-state index contributed by atoms with van der Waals surface area (Å²) in [6, 6.07) is 10.6. The summed E-state index contributed by atoms with van der Waals surface area (Å²) in [6.45, 7) is 0. The Morgan fingerprint density at radius 2 is 2.14 bits per heavy atom. The molecule has 3 rings (SSSR count). The fraction of sp³-hybridized carbons (Fsp3) is 0.0714. The van der Waals surface area contributed by atoms with Crippen LogP contribution in [0, 0.1) is 0 Å². The van der Waals surface area contributed by atoms with Crippen LogP contribution in [-0.4, -0.2) is 31.6 Å². The van der Waals surface area contributed by atoms with E-state index < -0.39 is 11.3 Å². The smallest absolute Gasteiger partial charge is 0.264 e. The molecular weight excluding hydrogens is 304 g/mol. The monoisotopic (exact) mass is 316 g/mol. The lowest BCUT2D eigenvalue weighted by Gasteiger charge is -2.08. The lowest BCUT2D eigenvalue weighted by Crippen LogP contribution is -2.24.